The first-order chi connectivity index (χ1) is 8.18. The lowest BCUT2D eigenvalue weighted by Crippen LogP contribution is -2.17. The molecular formula is C12H18N2O3. The second-order valence-electron chi connectivity index (χ2n) is 4.61. The molecule has 0 aliphatic heterocycles. The molecule has 2 N–H and O–H groups in total. The summed E-state index contributed by atoms with van der Waals surface area (Å²) >= 11 is 0. The predicted molar refractivity (Wildman–Crippen MR) is 62.5 cm³/mol. The van der Waals surface area contributed by atoms with Crippen LogP contribution in [0.5, 0.6) is 0 Å². The summed E-state index contributed by atoms with van der Waals surface area (Å²) < 4.78 is 10.0. The highest BCUT2D eigenvalue weighted by atomic mass is 16.5. The molecule has 1 heterocycles. The SMILES string of the molecule is Cc1noc(N)c1C(=O)OCC1CCCCC1. The maximum atomic E-state index is 11.8. The first-order valence-corrected chi connectivity index (χ1v) is 6.07. The zero-order chi connectivity index (χ0) is 12.3. The summed E-state index contributed by atoms with van der Waals surface area (Å²) in [5.41, 5.74) is 6.27. The monoisotopic (exact) mass is 238 g/mol. The number of nitrogens with zero attached hydrogens (tertiary/aromatic N) is 1. The van der Waals surface area contributed by atoms with Gasteiger partial charge in [-0.3, -0.25) is 0 Å². The van der Waals surface area contributed by atoms with Crippen LogP contribution in [0, 0.1) is 12.8 Å². The number of ether oxygens (including phenoxy) is 1. The number of nitrogens with two attached hydrogens (primary N) is 1. The Morgan fingerprint density at radius 2 is 2.18 bits per heavy atom. The van der Waals surface area contributed by atoms with Gasteiger partial charge in [0.1, 0.15) is 5.56 Å². The minimum atomic E-state index is -0.424. The Kier molecular flexibility index (Phi) is 3.66. The van der Waals surface area contributed by atoms with Gasteiger partial charge in [0.15, 0.2) is 0 Å². The van der Waals surface area contributed by atoms with Crippen LogP contribution in [0.25, 0.3) is 0 Å². The molecule has 17 heavy (non-hydrogen) atoms. The number of aromatic nitrogens is 1. The largest absolute Gasteiger partial charge is 0.462 e. The first-order valence-electron chi connectivity index (χ1n) is 6.07. The Morgan fingerprint density at radius 1 is 1.47 bits per heavy atom. The first kappa shape index (κ1) is 12.0. The van der Waals surface area contributed by atoms with Crippen molar-refractivity contribution in [1.82, 2.24) is 5.16 Å². The van der Waals surface area contributed by atoms with E-state index in [0.717, 1.165) is 12.8 Å². The van der Waals surface area contributed by atoms with Crippen molar-refractivity contribution < 1.29 is 14.1 Å². The van der Waals surface area contributed by atoms with E-state index >= 15 is 0 Å². The zero-order valence-corrected chi connectivity index (χ0v) is 10.1. The predicted octanol–water partition coefficient (Wildman–Crippen LogP) is 2.30. The molecule has 1 fully saturated rings. The Labute approximate surface area is 100 Å². The summed E-state index contributed by atoms with van der Waals surface area (Å²) in [5.74, 6) is 0.108. The van der Waals surface area contributed by atoms with Crippen molar-refractivity contribution in [1.29, 1.82) is 0 Å². The molecule has 0 unspecified atom stereocenters. The molecule has 0 spiro atoms. The highest BCUT2D eigenvalue weighted by Gasteiger charge is 2.22. The Morgan fingerprint density at radius 3 is 2.76 bits per heavy atom. The zero-order valence-electron chi connectivity index (χ0n) is 10.1. The average Bonchev–Trinajstić information content (AvgIpc) is 2.67. The minimum Gasteiger partial charge on any atom is -0.462 e. The average molecular weight is 238 g/mol. The molecule has 0 atom stereocenters. The van der Waals surface area contributed by atoms with Crippen molar-refractivity contribution in [2.45, 2.75) is 39.0 Å². The van der Waals surface area contributed by atoms with Gasteiger partial charge in [0.25, 0.3) is 0 Å². The van der Waals surface area contributed by atoms with E-state index < -0.39 is 5.97 Å². The van der Waals surface area contributed by atoms with Gasteiger partial charge in [-0.25, -0.2) is 4.79 Å². The fourth-order valence-corrected chi connectivity index (χ4v) is 2.26. The van der Waals surface area contributed by atoms with Crippen molar-refractivity contribution >= 4 is 11.9 Å². The van der Waals surface area contributed by atoms with Crippen LogP contribution in [0.3, 0.4) is 0 Å². The lowest BCUT2D eigenvalue weighted by molar-refractivity contribution is 0.0410. The molecule has 1 aromatic rings. The molecule has 5 heteroatoms. The van der Waals surface area contributed by atoms with Gasteiger partial charge in [0, 0.05) is 0 Å². The molecule has 0 aromatic carbocycles. The van der Waals surface area contributed by atoms with Gasteiger partial charge in [0.05, 0.1) is 12.3 Å². The van der Waals surface area contributed by atoms with Gasteiger partial charge in [-0.15, -0.1) is 0 Å². The van der Waals surface area contributed by atoms with Crippen molar-refractivity contribution in [3.8, 4) is 0 Å². The molecule has 2 rings (SSSR count). The van der Waals surface area contributed by atoms with E-state index in [9.17, 15) is 4.79 Å². The molecule has 1 saturated carbocycles. The van der Waals surface area contributed by atoms with Gasteiger partial charge >= 0.3 is 5.97 Å². The molecule has 94 valence electrons. The third-order valence-corrected chi connectivity index (χ3v) is 3.27. The van der Waals surface area contributed by atoms with Crippen molar-refractivity contribution in [2.75, 3.05) is 12.3 Å². The molecule has 1 aliphatic rings. The van der Waals surface area contributed by atoms with E-state index in [1.54, 1.807) is 6.92 Å². The van der Waals surface area contributed by atoms with Crippen LogP contribution in [0.15, 0.2) is 4.52 Å². The van der Waals surface area contributed by atoms with E-state index in [1.165, 1.54) is 19.3 Å². The van der Waals surface area contributed by atoms with E-state index in [2.05, 4.69) is 5.16 Å². The van der Waals surface area contributed by atoms with Crippen molar-refractivity contribution in [3.05, 3.63) is 11.3 Å². The lowest BCUT2D eigenvalue weighted by Gasteiger charge is -2.20. The standard InChI is InChI=1S/C12H18N2O3/c1-8-10(11(13)17-14-8)12(15)16-7-9-5-3-2-4-6-9/h9H,2-7,13H2,1H3. The molecule has 0 saturated heterocycles. The third kappa shape index (κ3) is 2.78. The smallest absolute Gasteiger partial charge is 0.345 e. The van der Waals surface area contributed by atoms with Crippen LogP contribution in [0.1, 0.15) is 48.2 Å². The fraction of sp³-hybridized carbons (Fsp3) is 0.667. The maximum Gasteiger partial charge on any atom is 0.345 e. The number of esters is 1. The van der Waals surface area contributed by atoms with E-state index in [4.69, 9.17) is 15.0 Å². The maximum absolute atomic E-state index is 11.8. The Balaban J connectivity index is 1.89. The summed E-state index contributed by atoms with van der Waals surface area (Å²) in [4.78, 5) is 11.8. The number of anilines is 1. The number of carbonyl (C=O) groups is 1. The van der Waals surface area contributed by atoms with Crippen LogP contribution < -0.4 is 5.73 Å². The van der Waals surface area contributed by atoms with Crippen molar-refractivity contribution in [3.63, 3.8) is 0 Å². The molecule has 0 radical (unpaired) electrons. The van der Waals surface area contributed by atoms with E-state index in [-0.39, 0.29) is 11.4 Å². The number of nitrogen functional groups attached to an aromatic ring is 1. The summed E-state index contributed by atoms with van der Waals surface area (Å²) in [6, 6.07) is 0. The van der Waals surface area contributed by atoms with Crippen LogP contribution >= 0.6 is 0 Å². The number of aryl methyl sites for hydroxylation is 1. The summed E-state index contributed by atoms with van der Waals surface area (Å²) in [7, 11) is 0. The lowest BCUT2D eigenvalue weighted by atomic mass is 9.90. The second-order valence-corrected chi connectivity index (χ2v) is 4.61. The molecule has 1 aromatic heterocycles. The Bertz CT molecular complexity index is 375. The van der Waals surface area contributed by atoms with Gasteiger partial charge < -0.3 is 15.0 Å². The minimum absolute atomic E-state index is 0.0381. The van der Waals surface area contributed by atoms with Crippen LogP contribution in [-0.4, -0.2) is 17.7 Å². The number of rotatable bonds is 3. The van der Waals surface area contributed by atoms with Gasteiger partial charge in [-0.05, 0) is 25.7 Å². The van der Waals surface area contributed by atoms with Crippen LogP contribution in [0.2, 0.25) is 0 Å². The van der Waals surface area contributed by atoms with Gasteiger partial charge in [-0.1, -0.05) is 24.4 Å². The number of hydrogen-bond donors (Lipinski definition) is 1. The quantitative estimate of drug-likeness (QED) is 0.817. The fourth-order valence-electron chi connectivity index (χ4n) is 2.26. The molecule has 5 nitrogen and oxygen atoms in total. The second kappa shape index (κ2) is 5.21. The van der Waals surface area contributed by atoms with E-state index in [1.807, 2.05) is 0 Å². The Hall–Kier alpha value is -1.52. The topological polar surface area (TPSA) is 78.4 Å². The summed E-state index contributed by atoms with van der Waals surface area (Å²) in [5, 5.41) is 3.63. The summed E-state index contributed by atoms with van der Waals surface area (Å²) in [6.07, 6.45) is 6.05. The summed E-state index contributed by atoms with van der Waals surface area (Å²) in [6.45, 7) is 2.15. The highest BCUT2D eigenvalue weighted by Crippen LogP contribution is 2.24. The molecule has 0 amide bonds. The molecular weight excluding hydrogens is 220 g/mol. The van der Waals surface area contributed by atoms with Gasteiger partial charge in [0.2, 0.25) is 5.88 Å². The molecule has 1 aliphatic carbocycles. The normalized spacial score (nSPS) is 17.0. The number of hydrogen-bond acceptors (Lipinski definition) is 5. The van der Waals surface area contributed by atoms with Crippen molar-refractivity contribution in [2.24, 2.45) is 5.92 Å². The van der Waals surface area contributed by atoms with Crippen LogP contribution in [0.4, 0.5) is 5.88 Å². The molecule has 0 bridgehead atoms. The van der Waals surface area contributed by atoms with E-state index in [0.29, 0.717) is 18.2 Å². The van der Waals surface area contributed by atoms with Crippen LogP contribution in [-0.2, 0) is 4.74 Å². The third-order valence-electron chi connectivity index (χ3n) is 3.27. The number of carbonyl (C=O) groups excluding carboxylic acids is 1. The van der Waals surface area contributed by atoms with Gasteiger partial charge in [-0.2, -0.15) is 0 Å². The highest BCUT2D eigenvalue weighted by molar-refractivity contribution is 5.94.